The molecule has 0 fully saturated rings. The Hall–Kier alpha value is -1.35. The molecule has 0 aliphatic carbocycles. The molecule has 0 saturated carbocycles. The van der Waals surface area contributed by atoms with Crippen molar-refractivity contribution < 1.29 is 9.53 Å². The van der Waals surface area contributed by atoms with Crippen molar-refractivity contribution in [2.45, 2.75) is 174 Å². The molecule has 0 atom stereocenters. The molecule has 0 aliphatic heterocycles. The first kappa shape index (κ1) is 34.8. The van der Waals surface area contributed by atoms with E-state index >= 15 is 0 Å². The molecule has 2 rings (SSSR count). The van der Waals surface area contributed by atoms with Crippen LogP contribution in [0.1, 0.15) is 184 Å². The van der Waals surface area contributed by atoms with E-state index in [0.717, 1.165) is 28.5 Å². The molecule has 2 aromatic rings. The van der Waals surface area contributed by atoms with E-state index in [-0.39, 0.29) is 5.97 Å². The van der Waals surface area contributed by atoms with Gasteiger partial charge in [0.1, 0.15) is 0 Å². The van der Waals surface area contributed by atoms with E-state index in [0.29, 0.717) is 6.61 Å². The molecule has 0 bridgehead atoms. The van der Waals surface area contributed by atoms with E-state index in [1.807, 2.05) is 23.6 Å². The molecular formula is C37H62O2S. The van der Waals surface area contributed by atoms with Gasteiger partial charge in [-0.15, -0.1) is 11.3 Å². The summed E-state index contributed by atoms with van der Waals surface area (Å²) in [6.45, 7) is 2.84. The maximum atomic E-state index is 12.3. The van der Waals surface area contributed by atoms with Gasteiger partial charge in [0, 0.05) is 15.5 Å². The Kier molecular flexibility index (Phi) is 22.1. The van der Waals surface area contributed by atoms with Crippen LogP contribution in [0.3, 0.4) is 0 Å². The van der Waals surface area contributed by atoms with Crippen LogP contribution in [0.4, 0.5) is 0 Å². The zero-order valence-corrected chi connectivity index (χ0v) is 27.0. The first-order chi connectivity index (χ1) is 19.8. The number of esters is 1. The molecule has 0 saturated heterocycles. The van der Waals surface area contributed by atoms with Gasteiger partial charge in [-0.2, -0.15) is 0 Å². The van der Waals surface area contributed by atoms with Gasteiger partial charge >= 0.3 is 5.97 Å². The molecule has 0 aliphatic rings. The Morgan fingerprint density at radius 1 is 0.550 bits per heavy atom. The van der Waals surface area contributed by atoms with Crippen LogP contribution in [-0.2, 0) is 4.74 Å². The van der Waals surface area contributed by atoms with E-state index in [1.165, 1.54) is 154 Å². The van der Waals surface area contributed by atoms with Gasteiger partial charge in [-0.1, -0.05) is 186 Å². The van der Waals surface area contributed by atoms with Crippen LogP contribution < -0.4 is 0 Å². The summed E-state index contributed by atoms with van der Waals surface area (Å²) < 4.78 is 6.66. The SMILES string of the molecule is CCCCCCCCCCCCCCCCCCCCCCCCCCCCOC(=O)c1csc2ccccc12. The van der Waals surface area contributed by atoms with E-state index in [1.54, 1.807) is 11.3 Å². The van der Waals surface area contributed by atoms with Crippen LogP contribution >= 0.6 is 11.3 Å². The number of benzene rings is 1. The summed E-state index contributed by atoms with van der Waals surface area (Å²) >= 11 is 1.61. The first-order valence-electron chi connectivity index (χ1n) is 17.5. The number of carbonyl (C=O) groups excluding carboxylic acids is 1. The fraction of sp³-hybridized carbons (Fsp3) is 0.757. The maximum Gasteiger partial charge on any atom is 0.339 e. The summed E-state index contributed by atoms with van der Waals surface area (Å²) in [6, 6.07) is 8.05. The number of hydrogen-bond acceptors (Lipinski definition) is 3. The van der Waals surface area contributed by atoms with Crippen molar-refractivity contribution in [1.29, 1.82) is 0 Å². The molecule has 0 spiro atoms. The zero-order valence-electron chi connectivity index (χ0n) is 26.2. The third kappa shape index (κ3) is 17.5. The highest BCUT2D eigenvalue weighted by Crippen LogP contribution is 2.26. The number of fused-ring (bicyclic) bond motifs is 1. The van der Waals surface area contributed by atoms with Gasteiger partial charge in [0.15, 0.2) is 0 Å². The highest BCUT2D eigenvalue weighted by molar-refractivity contribution is 7.17. The Balaban J connectivity index is 1.22. The van der Waals surface area contributed by atoms with E-state index in [9.17, 15) is 4.79 Å². The van der Waals surface area contributed by atoms with Crippen molar-refractivity contribution in [3.63, 3.8) is 0 Å². The minimum atomic E-state index is -0.169. The van der Waals surface area contributed by atoms with Gasteiger partial charge in [0.25, 0.3) is 0 Å². The molecule has 40 heavy (non-hydrogen) atoms. The van der Waals surface area contributed by atoms with Crippen molar-refractivity contribution in [1.82, 2.24) is 0 Å². The standard InChI is InChI=1S/C37H62O2S/c1-2-3-4-5-6-7-8-9-10-11-12-13-14-15-16-17-18-19-20-21-22-23-24-25-26-29-32-39-37(38)35-33-40-36-31-28-27-30-34(35)36/h27-28,30-31,33H,2-26,29,32H2,1H3. The minimum Gasteiger partial charge on any atom is -0.462 e. The summed E-state index contributed by atoms with van der Waals surface area (Å²) in [5.41, 5.74) is 0.718. The van der Waals surface area contributed by atoms with Gasteiger partial charge in [-0.3, -0.25) is 0 Å². The number of hydrogen-bond donors (Lipinski definition) is 0. The second-order valence-corrected chi connectivity index (χ2v) is 13.0. The van der Waals surface area contributed by atoms with Crippen LogP contribution in [0.25, 0.3) is 10.1 Å². The van der Waals surface area contributed by atoms with Crippen LogP contribution in [0.2, 0.25) is 0 Å². The molecule has 0 amide bonds. The summed E-state index contributed by atoms with van der Waals surface area (Å²) in [5, 5.41) is 2.94. The predicted octanol–water partition coefficient (Wildman–Crippen LogP) is 13.2. The lowest BCUT2D eigenvalue weighted by Crippen LogP contribution is -2.05. The molecule has 0 unspecified atom stereocenters. The second kappa shape index (κ2) is 25.4. The molecule has 1 aromatic heterocycles. The third-order valence-electron chi connectivity index (χ3n) is 8.43. The highest BCUT2D eigenvalue weighted by atomic mass is 32.1. The monoisotopic (exact) mass is 570 g/mol. The average Bonchev–Trinajstić information content (AvgIpc) is 3.41. The topological polar surface area (TPSA) is 26.3 Å². The maximum absolute atomic E-state index is 12.3. The quantitative estimate of drug-likeness (QED) is 0.0751. The molecule has 1 aromatic carbocycles. The van der Waals surface area contributed by atoms with Crippen LogP contribution in [0.5, 0.6) is 0 Å². The Bertz CT molecular complexity index is 842. The van der Waals surface area contributed by atoms with Crippen LogP contribution in [0.15, 0.2) is 29.6 Å². The Morgan fingerprint density at radius 3 is 1.35 bits per heavy atom. The molecule has 0 N–H and O–H groups in total. The van der Waals surface area contributed by atoms with Gasteiger partial charge in [0.2, 0.25) is 0 Å². The normalized spacial score (nSPS) is 11.4. The predicted molar refractivity (Wildman–Crippen MR) is 178 cm³/mol. The molecule has 228 valence electrons. The number of thiophene rings is 1. The van der Waals surface area contributed by atoms with Crippen molar-refractivity contribution in [3.8, 4) is 0 Å². The summed E-state index contributed by atoms with van der Waals surface area (Å²) in [7, 11) is 0. The number of ether oxygens (including phenoxy) is 1. The van der Waals surface area contributed by atoms with Crippen LogP contribution in [0, 0.1) is 0 Å². The summed E-state index contributed by atoms with van der Waals surface area (Å²) in [4.78, 5) is 12.3. The molecular weight excluding hydrogens is 508 g/mol. The second-order valence-electron chi connectivity index (χ2n) is 12.1. The van der Waals surface area contributed by atoms with Crippen molar-refractivity contribution in [2.24, 2.45) is 0 Å². The minimum absolute atomic E-state index is 0.169. The van der Waals surface area contributed by atoms with Crippen molar-refractivity contribution in [3.05, 3.63) is 35.2 Å². The lowest BCUT2D eigenvalue weighted by atomic mass is 10.0. The third-order valence-corrected chi connectivity index (χ3v) is 9.40. The molecule has 2 nitrogen and oxygen atoms in total. The molecule has 0 radical (unpaired) electrons. The Morgan fingerprint density at radius 2 is 0.925 bits per heavy atom. The summed E-state index contributed by atoms with van der Waals surface area (Å²) in [5.74, 6) is -0.169. The van der Waals surface area contributed by atoms with Gasteiger partial charge in [-0.05, 0) is 12.5 Å². The van der Waals surface area contributed by atoms with Gasteiger partial charge in [-0.25, -0.2) is 4.79 Å². The highest BCUT2D eigenvalue weighted by Gasteiger charge is 2.12. The first-order valence-corrected chi connectivity index (χ1v) is 18.3. The number of rotatable bonds is 28. The van der Waals surface area contributed by atoms with Crippen molar-refractivity contribution >= 4 is 27.4 Å². The van der Waals surface area contributed by atoms with Gasteiger partial charge in [0.05, 0.1) is 12.2 Å². The lowest BCUT2D eigenvalue weighted by molar-refractivity contribution is 0.0500. The molecule has 3 heteroatoms. The van der Waals surface area contributed by atoms with E-state index in [2.05, 4.69) is 13.0 Å². The number of carbonyl (C=O) groups is 1. The Labute approximate surface area is 252 Å². The zero-order chi connectivity index (χ0) is 28.4. The smallest absolute Gasteiger partial charge is 0.339 e. The van der Waals surface area contributed by atoms with Gasteiger partial charge < -0.3 is 4.74 Å². The van der Waals surface area contributed by atoms with E-state index < -0.39 is 0 Å². The number of unbranched alkanes of at least 4 members (excludes halogenated alkanes) is 25. The van der Waals surface area contributed by atoms with E-state index in [4.69, 9.17) is 4.74 Å². The largest absolute Gasteiger partial charge is 0.462 e. The lowest BCUT2D eigenvalue weighted by Gasteiger charge is -2.05. The fourth-order valence-electron chi connectivity index (χ4n) is 5.80. The molecule has 1 heterocycles. The van der Waals surface area contributed by atoms with Crippen molar-refractivity contribution in [2.75, 3.05) is 6.61 Å². The summed E-state index contributed by atoms with van der Waals surface area (Å²) in [6.07, 6.45) is 36.5. The van der Waals surface area contributed by atoms with Crippen LogP contribution in [-0.4, -0.2) is 12.6 Å². The fourth-order valence-corrected chi connectivity index (χ4v) is 6.73. The average molecular weight is 571 g/mol.